The van der Waals surface area contributed by atoms with Crippen LogP contribution in [-0.4, -0.2) is 63.4 Å². The van der Waals surface area contributed by atoms with Crippen molar-refractivity contribution in [1.29, 1.82) is 0 Å². The van der Waals surface area contributed by atoms with Crippen molar-refractivity contribution in [3.8, 4) is 23.2 Å². The van der Waals surface area contributed by atoms with Crippen molar-refractivity contribution >= 4 is 0 Å². The largest absolute Gasteiger partial charge is 0.393 e. The highest BCUT2D eigenvalue weighted by Gasteiger charge is 2.33. The topological polar surface area (TPSA) is 56.1 Å². The van der Waals surface area contributed by atoms with Gasteiger partial charge in [0.15, 0.2) is 0 Å². The second-order valence-electron chi connectivity index (χ2n) is 9.45. The van der Waals surface area contributed by atoms with E-state index in [0.717, 1.165) is 39.0 Å². The van der Waals surface area contributed by atoms with Crippen molar-refractivity contribution in [2.45, 2.75) is 58.4 Å². The van der Waals surface area contributed by atoms with E-state index in [1.807, 2.05) is 0 Å². The zero-order valence-corrected chi connectivity index (χ0v) is 18.5. The first-order chi connectivity index (χ1) is 15.2. The van der Waals surface area contributed by atoms with Crippen LogP contribution in [0.3, 0.4) is 0 Å². The van der Waals surface area contributed by atoms with Gasteiger partial charge in [-0.3, -0.25) is 9.88 Å². The fraction of sp³-hybridized carbons (Fsp3) is 0.609. The van der Waals surface area contributed by atoms with Crippen molar-refractivity contribution in [3.63, 3.8) is 0 Å². The molecule has 0 spiro atoms. The lowest BCUT2D eigenvalue weighted by molar-refractivity contribution is -0.127. The van der Waals surface area contributed by atoms with Crippen molar-refractivity contribution in [1.82, 2.24) is 24.9 Å². The number of ether oxygens (including phenoxy) is 1. The van der Waals surface area contributed by atoms with E-state index in [4.69, 9.17) is 4.74 Å². The fourth-order valence-electron chi connectivity index (χ4n) is 4.35. The number of hydrogen-bond donors (Lipinski definition) is 0. The van der Waals surface area contributed by atoms with Gasteiger partial charge in [-0.15, -0.1) is 5.10 Å². The minimum Gasteiger partial charge on any atom is -0.376 e. The molecular formula is C23H28F3N5O. The third-order valence-electron chi connectivity index (χ3n) is 5.64. The molecule has 4 rings (SSSR count). The van der Waals surface area contributed by atoms with Crippen LogP contribution in [0.5, 0.6) is 0 Å². The summed E-state index contributed by atoms with van der Waals surface area (Å²) >= 11 is 0. The molecule has 0 unspecified atom stereocenters. The van der Waals surface area contributed by atoms with Crippen LogP contribution in [0.1, 0.15) is 44.2 Å². The third-order valence-corrected chi connectivity index (χ3v) is 5.64. The normalized spacial score (nSPS) is 21.0. The minimum atomic E-state index is -4.36. The molecule has 2 aromatic rings. The highest BCUT2D eigenvalue weighted by Crippen LogP contribution is 2.29. The van der Waals surface area contributed by atoms with E-state index in [-0.39, 0.29) is 17.4 Å². The van der Waals surface area contributed by atoms with Gasteiger partial charge >= 0.3 is 6.18 Å². The third kappa shape index (κ3) is 6.08. The molecule has 172 valence electrons. The van der Waals surface area contributed by atoms with Crippen molar-refractivity contribution in [2.24, 2.45) is 5.41 Å². The summed E-state index contributed by atoms with van der Waals surface area (Å²) in [7, 11) is 0. The second-order valence-corrected chi connectivity index (χ2v) is 9.45. The lowest BCUT2D eigenvalue weighted by atomic mass is 9.84. The van der Waals surface area contributed by atoms with Crippen LogP contribution in [-0.2, 0) is 17.7 Å². The maximum absolute atomic E-state index is 13.2. The van der Waals surface area contributed by atoms with Gasteiger partial charge in [0.2, 0.25) is 0 Å². The minimum absolute atomic E-state index is 0.0513. The molecule has 0 saturated carbocycles. The molecule has 2 fully saturated rings. The SMILES string of the molecule is CC1(C)CN(CC#Cc2cnc(-c3cn(C[C@H]4CCCCO4)nn3)c(CC(F)(F)F)c2)C1. The van der Waals surface area contributed by atoms with E-state index in [1.54, 1.807) is 10.9 Å². The number of pyridine rings is 1. The van der Waals surface area contributed by atoms with Gasteiger partial charge in [-0.05, 0) is 36.3 Å². The number of nitrogens with zero attached hydrogens (tertiary/aromatic N) is 5. The average Bonchev–Trinajstić information content (AvgIpc) is 3.14. The van der Waals surface area contributed by atoms with Gasteiger partial charge in [-0.2, -0.15) is 13.2 Å². The molecule has 0 aliphatic carbocycles. The zero-order chi connectivity index (χ0) is 22.8. The highest BCUT2D eigenvalue weighted by molar-refractivity contribution is 5.59. The first-order valence-corrected chi connectivity index (χ1v) is 11.0. The Balaban J connectivity index is 1.50. The summed E-state index contributed by atoms with van der Waals surface area (Å²) in [5, 5.41) is 8.15. The maximum Gasteiger partial charge on any atom is 0.393 e. The van der Waals surface area contributed by atoms with E-state index in [1.165, 1.54) is 12.3 Å². The van der Waals surface area contributed by atoms with Crippen LogP contribution in [0.4, 0.5) is 13.2 Å². The number of likely N-dealkylation sites (tertiary alicyclic amines) is 1. The molecule has 9 heteroatoms. The first kappa shape index (κ1) is 22.7. The predicted octanol–water partition coefficient (Wildman–Crippen LogP) is 3.71. The molecule has 2 aliphatic rings. The molecule has 0 N–H and O–H groups in total. The summed E-state index contributed by atoms with van der Waals surface area (Å²) in [6.45, 7) is 8.18. The quantitative estimate of drug-likeness (QED) is 0.654. The Morgan fingerprint density at radius 3 is 2.75 bits per heavy atom. The van der Waals surface area contributed by atoms with Crippen molar-refractivity contribution in [3.05, 3.63) is 29.6 Å². The predicted molar refractivity (Wildman–Crippen MR) is 114 cm³/mol. The van der Waals surface area contributed by atoms with Gasteiger partial charge in [0, 0.05) is 31.5 Å². The molecule has 2 aromatic heterocycles. The summed E-state index contributed by atoms with van der Waals surface area (Å²) in [6.07, 6.45) is 0.825. The molecule has 2 saturated heterocycles. The van der Waals surface area contributed by atoms with Gasteiger partial charge in [0.05, 0.1) is 37.5 Å². The molecule has 0 aromatic carbocycles. The Labute approximate surface area is 186 Å². The Hall–Kier alpha value is -2.44. The molecule has 0 radical (unpaired) electrons. The van der Waals surface area contributed by atoms with Crippen LogP contribution in [0.2, 0.25) is 0 Å². The number of alkyl halides is 3. The van der Waals surface area contributed by atoms with Gasteiger partial charge in [-0.1, -0.05) is 30.9 Å². The van der Waals surface area contributed by atoms with E-state index in [0.29, 0.717) is 29.8 Å². The van der Waals surface area contributed by atoms with E-state index in [2.05, 4.69) is 45.9 Å². The fourth-order valence-corrected chi connectivity index (χ4v) is 4.35. The van der Waals surface area contributed by atoms with E-state index >= 15 is 0 Å². The van der Waals surface area contributed by atoms with Crippen LogP contribution in [0.25, 0.3) is 11.4 Å². The molecule has 0 amide bonds. The summed E-state index contributed by atoms with van der Waals surface area (Å²) in [4.78, 5) is 6.49. The smallest absolute Gasteiger partial charge is 0.376 e. The second kappa shape index (κ2) is 9.20. The van der Waals surface area contributed by atoms with E-state index in [9.17, 15) is 13.2 Å². The lowest BCUT2D eigenvalue weighted by Crippen LogP contribution is -2.52. The Bertz CT molecular complexity index is 991. The Morgan fingerprint density at radius 1 is 1.25 bits per heavy atom. The lowest BCUT2D eigenvalue weighted by Gasteiger charge is -2.44. The van der Waals surface area contributed by atoms with Crippen LogP contribution >= 0.6 is 0 Å². The number of hydrogen-bond acceptors (Lipinski definition) is 5. The summed E-state index contributed by atoms with van der Waals surface area (Å²) in [6, 6.07) is 1.46. The van der Waals surface area contributed by atoms with Crippen LogP contribution < -0.4 is 0 Å². The summed E-state index contributed by atoms with van der Waals surface area (Å²) < 4.78 is 47.0. The van der Waals surface area contributed by atoms with Gasteiger partial charge in [-0.25, -0.2) is 4.68 Å². The number of halogens is 3. The molecule has 0 bridgehead atoms. The summed E-state index contributed by atoms with van der Waals surface area (Å²) in [5.74, 6) is 6.01. The maximum atomic E-state index is 13.2. The molecule has 6 nitrogen and oxygen atoms in total. The zero-order valence-electron chi connectivity index (χ0n) is 18.5. The van der Waals surface area contributed by atoms with Gasteiger partial charge < -0.3 is 4.74 Å². The molecule has 1 atom stereocenters. The van der Waals surface area contributed by atoms with E-state index < -0.39 is 12.6 Å². The standard InChI is InChI=1S/C23H28F3N5O/c1-22(2)15-30(16-22)8-5-6-17-10-18(11-23(24,25)26)21(27-12-17)20-14-31(29-28-20)13-19-7-3-4-9-32-19/h10,12,14,19H,3-4,7-9,11,13,15-16H2,1-2H3/t19-/m1/s1. The first-order valence-electron chi connectivity index (χ1n) is 11.0. The monoisotopic (exact) mass is 447 g/mol. The number of aromatic nitrogens is 4. The van der Waals surface area contributed by atoms with Crippen LogP contribution in [0.15, 0.2) is 18.5 Å². The Morgan fingerprint density at radius 2 is 2.06 bits per heavy atom. The Kier molecular flexibility index (Phi) is 6.54. The molecular weight excluding hydrogens is 419 g/mol. The van der Waals surface area contributed by atoms with Crippen molar-refractivity contribution < 1.29 is 17.9 Å². The number of rotatable bonds is 5. The summed E-state index contributed by atoms with van der Waals surface area (Å²) in [5.41, 5.74) is 1.34. The molecule has 32 heavy (non-hydrogen) atoms. The van der Waals surface area contributed by atoms with Crippen molar-refractivity contribution in [2.75, 3.05) is 26.2 Å². The van der Waals surface area contributed by atoms with Crippen LogP contribution in [0, 0.1) is 17.3 Å². The van der Waals surface area contributed by atoms with Gasteiger partial charge in [0.25, 0.3) is 0 Å². The molecule has 2 aliphatic heterocycles. The highest BCUT2D eigenvalue weighted by atomic mass is 19.4. The van der Waals surface area contributed by atoms with Gasteiger partial charge in [0.1, 0.15) is 5.69 Å². The average molecular weight is 448 g/mol. The molecule has 4 heterocycles.